The number of hydrogen-bond acceptors (Lipinski definition) is 10. The van der Waals surface area contributed by atoms with Crippen molar-refractivity contribution < 1.29 is 28.6 Å². The number of carbonyl (C=O) groups excluding carboxylic acids is 3. The van der Waals surface area contributed by atoms with Gasteiger partial charge in [0.2, 0.25) is 11.8 Å². The van der Waals surface area contributed by atoms with Crippen LogP contribution < -0.4 is 5.32 Å². The quantitative estimate of drug-likeness (QED) is 0.291. The van der Waals surface area contributed by atoms with Crippen molar-refractivity contribution >= 4 is 45.8 Å². The first kappa shape index (κ1) is 22.5. The molecule has 9 nitrogen and oxygen atoms in total. The number of amides is 1. The molecule has 2 heterocycles. The highest BCUT2D eigenvalue weighted by Crippen LogP contribution is 2.34. The number of nitrogens with zero attached hydrogens (tertiary/aromatic N) is 2. The van der Waals surface area contributed by atoms with Crippen molar-refractivity contribution in [2.45, 2.75) is 26.0 Å². The molecule has 0 fully saturated rings. The predicted octanol–water partition coefficient (Wildman–Crippen LogP) is 3.92. The van der Waals surface area contributed by atoms with Gasteiger partial charge in [-0.3, -0.25) is 9.59 Å². The zero-order chi connectivity index (χ0) is 22.5. The molecule has 1 amide bonds. The Bertz CT molecular complexity index is 1120. The van der Waals surface area contributed by atoms with E-state index in [1.54, 1.807) is 26.0 Å². The van der Waals surface area contributed by atoms with E-state index in [9.17, 15) is 19.5 Å². The number of rotatable bonds is 8. The summed E-state index contributed by atoms with van der Waals surface area (Å²) in [7, 11) is 0. The molecule has 2 N–H and O–H groups in total. The third-order valence-electron chi connectivity index (χ3n) is 4.05. The molecule has 0 aliphatic heterocycles. The zero-order valence-electron chi connectivity index (χ0n) is 16.9. The van der Waals surface area contributed by atoms with Crippen LogP contribution in [0.15, 0.2) is 33.9 Å². The highest BCUT2D eigenvalue weighted by molar-refractivity contribution is 7.99. The summed E-state index contributed by atoms with van der Waals surface area (Å²) in [5.41, 5.74) is 1.30. The molecule has 0 atom stereocenters. The first-order chi connectivity index (χ1) is 14.8. The fraction of sp³-hybridized carbons (Fsp3) is 0.250. The second-order valence-corrected chi connectivity index (χ2v) is 8.24. The smallest absolute Gasteiger partial charge is 0.341 e. The third-order valence-corrected chi connectivity index (χ3v) is 6.17. The highest BCUT2D eigenvalue weighted by Gasteiger charge is 2.25. The minimum atomic E-state index is -0.595. The molecule has 0 spiro atoms. The second-order valence-electron chi connectivity index (χ2n) is 6.29. The number of Topliss-reactive ketones (excluding diaryl/α,β-unsaturated/α-hetero) is 1. The van der Waals surface area contributed by atoms with Gasteiger partial charge in [0, 0.05) is 5.56 Å². The van der Waals surface area contributed by atoms with Crippen LogP contribution in [-0.2, 0) is 9.53 Å². The Kier molecular flexibility index (Phi) is 7.08. The maximum atomic E-state index is 12.4. The number of benzene rings is 1. The summed E-state index contributed by atoms with van der Waals surface area (Å²) >= 11 is 2.07. The van der Waals surface area contributed by atoms with E-state index in [-0.39, 0.29) is 45.6 Å². The van der Waals surface area contributed by atoms with Crippen LogP contribution in [0.5, 0.6) is 5.75 Å². The molecule has 162 valence electrons. The van der Waals surface area contributed by atoms with Crippen molar-refractivity contribution in [1.29, 1.82) is 0 Å². The van der Waals surface area contributed by atoms with Crippen molar-refractivity contribution in [3.8, 4) is 17.2 Å². The van der Waals surface area contributed by atoms with E-state index < -0.39 is 11.9 Å². The first-order valence-corrected chi connectivity index (χ1v) is 11.0. The van der Waals surface area contributed by atoms with E-state index in [2.05, 4.69) is 15.5 Å². The normalized spacial score (nSPS) is 10.7. The molecule has 11 heteroatoms. The zero-order valence-corrected chi connectivity index (χ0v) is 18.6. The van der Waals surface area contributed by atoms with Gasteiger partial charge in [-0.05, 0) is 50.6 Å². The summed E-state index contributed by atoms with van der Waals surface area (Å²) in [6.07, 6.45) is 0. The number of hydrogen-bond donors (Lipinski definition) is 2. The molecular formula is C20H19N3O6S2. The lowest BCUT2D eigenvalue weighted by Gasteiger charge is -2.06. The molecule has 0 radical (unpaired) electrons. The number of esters is 1. The Morgan fingerprint density at radius 2 is 1.94 bits per heavy atom. The number of nitrogens with one attached hydrogen (secondary N) is 1. The van der Waals surface area contributed by atoms with Crippen LogP contribution in [0, 0.1) is 6.92 Å². The largest absolute Gasteiger partial charge is 0.508 e. The maximum absolute atomic E-state index is 12.4. The van der Waals surface area contributed by atoms with E-state index in [1.165, 1.54) is 19.1 Å². The maximum Gasteiger partial charge on any atom is 0.341 e. The summed E-state index contributed by atoms with van der Waals surface area (Å²) in [5, 5.41) is 20.3. The van der Waals surface area contributed by atoms with Gasteiger partial charge in [0.15, 0.2) is 5.78 Å². The molecule has 3 rings (SSSR count). The summed E-state index contributed by atoms with van der Waals surface area (Å²) in [5.74, 6) is -0.874. The number of aromatic hydroxyl groups is 1. The number of anilines is 1. The van der Waals surface area contributed by atoms with Crippen LogP contribution in [0.1, 0.15) is 39.4 Å². The Balaban J connectivity index is 1.68. The molecule has 0 saturated carbocycles. The SMILES string of the molecule is CCOC(=O)c1c(NC(=O)CSc2nnc(-c3ccc(O)cc3)o2)sc(C(C)=O)c1C. The molecule has 1 aromatic carbocycles. The van der Waals surface area contributed by atoms with Gasteiger partial charge in [0.25, 0.3) is 5.22 Å². The van der Waals surface area contributed by atoms with Crippen molar-refractivity contribution in [3.05, 3.63) is 40.3 Å². The van der Waals surface area contributed by atoms with Crippen LogP contribution in [0.4, 0.5) is 5.00 Å². The molecule has 31 heavy (non-hydrogen) atoms. The number of thiophene rings is 1. The van der Waals surface area contributed by atoms with Gasteiger partial charge in [-0.15, -0.1) is 21.5 Å². The average molecular weight is 462 g/mol. The van der Waals surface area contributed by atoms with Crippen molar-refractivity contribution in [1.82, 2.24) is 10.2 Å². The molecule has 0 saturated heterocycles. The Morgan fingerprint density at radius 3 is 2.58 bits per heavy atom. The number of phenols is 1. The van der Waals surface area contributed by atoms with Crippen LogP contribution in [0.3, 0.4) is 0 Å². The fourth-order valence-electron chi connectivity index (χ4n) is 2.67. The lowest BCUT2D eigenvalue weighted by atomic mass is 10.1. The number of ketones is 1. The molecule has 0 unspecified atom stereocenters. The van der Waals surface area contributed by atoms with Gasteiger partial charge in [-0.2, -0.15) is 0 Å². The molecule has 0 aliphatic carbocycles. The summed E-state index contributed by atoms with van der Waals surface area (Å²) < 4.78 is 10.6. The van der Waals surface area contributed by atoms with Gasteiger partial charge in [-0.25, -0.2) is 4.79 Å². The summed E-state index contributed by atoms with van der Waals surface area (Å²) in [4.78, 5) is 37.0. The Labute approximate surface area is 185 Å². The summed E-state index contributed by atoms with van der Waals surface area (Å²) in [6, 6.07) is 6.26. The lowest BCUT2D eigenvalue weighted by Crippen LogP contribution is -2.16. The van der Waals surface area contributed by atoms with Crippen LogP contribution >= 0.6 is 23.1 Å². The third kappa shape index (κ3) is 5.30. The van der Waals surface area contributed by atoms with Crippen LogP contribution in [0.2, 0.25) is 0 Å². The lowest BCUT2D eigenvalue weighted by molar-refractivity contribution is -0.113. The highest BCUT2D eigenvalue weighted by atomic mass is 32.2. The van der Waals surface area contributed by atoms with E-state index in [0.717, 1.165) is 23.1 Å². The summed E-state index contributed by atoms with van der Waals surface area (Å²) in [6.45, 7) is 4.90. The minimum absolute atomic E-state index is 0.0498. The standard InChI is InChI=1S/C20H19N3O6S2/c1-4-28-19(27)15-10(2)16(11(3)24)31-18(15)21-14(26)9-30-20-23-22-17(29-20)12-5-7-13(25)8-6-12/h5-8,25H,4,9H2,1-3H3,(H,21,26). The molecule has 0 aliphatic rings. The van der Waals surface area contributed by atoms with E-state index in [4.69, 9.17) is 9.15 Å². The van der Waals surface area contributed by atoms with Crippen molar-refractivity contribution in [3.63, 3.8) is 0 Å². The predicted molar refractivity (Wildman–Crippen MR) is 116 cm³/mol. The number of aromatic nitrogens is 2. The van der Waals surface area contributed by atoms with Gasteiger partial charge < -0.3 is 19.6 Å². The van der Waals surface area contributed by atoms with E-state index in [1.807, 2.05) is 0 Å². The van der Waals surface area contributed by atoms with Crippen molar-refractivity contribution in [2.24, 2.45) is 0 Å². The monoisotopic (exact) mass is 461 g/mol. The molecule has 0 bridgehead atoms. The fourth-order valence-corrected chi connectivity index (χ4v) is 4.33. The van der Waals surface area contributed by atoms with Gasteiger partial charge in [0.1, 0.15) is 10.8 Å². The van der Waals surface area contributed by atoms with Gasteiger partial charge in [-0.1, -0.05) is 11.8 Å². The molecule has 3 aromatic rings. The molecular weight excluding hydrogens is 442 g/mol. The van der Waals surface area contributed by atoms with Gasteiger partial charge >= 0.3 is 5.97 Å². The molecule has 2 aromatic heterocycles. The number of ether oxygens (including phenoxy) is 1. The minimum Gasteiger partial charge on any atom is -0.508 e. The van der Waals surface area contributed by atoms with Crippen LogP contribution in [-0.4, -0.2) is 45.3 Å². The van der Waals surface area contributed by atoms with Crippen molar-refractivity contribution in [2.75, 3.05) is 17.7 Å². The average Bonchev–Trinajstić information content (AvgIpc) is 3.32. The van der Waals surface area contributed by atoms with E-state index in [0.29, 0.717) is 16.0 Å². The Morgan fingerprint density at radius 1 is 1.23 bits per heavy atom. The van der Waals surface area contributed by atoms with E-state index >= 15 is 0 Å². The number of phenolic OH excluding ortho intramolecular Hbond substituents is 1. The topological polar surface area (TPSA) is 132 Å². The van der Waals surface area contributed by atoms with Gasteiger partial charge in [0.05, 0.1) is 22.8 Å². The second kappa shape index (κ2) is 9.75. The Hall–Kier alpha value is -3.18. The van der Waals surface area contributed by atoms with Crippen LogP contribution in [0.25, 0.3) is 11.5 Å². The number of carbonyl (C=O) groups is 3. The first-order valence-electron chi connectivity index (χ1n) is 9.17. The number of thioether (sulfide) groups is 1.